The van der Waals surface area contributed by atoms with E-state index in [-0.39, 0.29) is 37.6 Å². The van der Waals surface area contributed by atoms with E-state index in [1.165, 1.54) is 24.3 Å². The van der Waals surface area contributed by atoms with Gasteiger partial charge in [-0.25, -0.2) is 9.59 Å². The van der Waals surface area contributed by atoms with Gasteiger partial charge in [0.25, 0.3) is 0 Å². The molecule has 0 aliphatic rings. The number of hydrogen-bond donors (Lipinski definition) is 8. The molecule has 8 N–H and O–H groups in total. The Bertz CT molecular complexity index is 408. The molecule has 0 spiro atoms. The summed E-state index contributed by atoms with van der Waals surface area (Å²) in [6, 6.07) is 5.02. The summed E-state index contributed by atoms with van der Waals surface area (Å²) in [6.45, 7) is -1.46. The zero-order valence-electron chi connectivity index (χ0n) is 12.7. The van der Waals surface area contributed by atoms with Crippen molar-refractivity contribution in [2.24, 2.45) is 0 Å². The first-order chi connectivity index (χ1) is 11.2. The van der Waals surface area contributed by atoms with E-state index in [2.05, 4.69) is 0 Å². The Morgan fingerprint density at radius 3 is 0.958 bits per heavy atom. The summed E-state index contributed by atoms with van der Waals surface area (Å²) in [7, 11) is 0. The van der Waals surface area contributed by atoms with Crippen LogP contribution in [0.15, 0.2) is 24.3 Å². The third kappa shape index (κ3) is 12.5. The van der Waals surface area contributed by atoms with Crippen LogP contribution in [0.25, 0.3) is 0 Å². The molecular formula is C14H22O10. The van der Waals surface area contributed by atoms with Gasteiger partial charge in [0.15, 0.2) is 0 Å². The van der Waals surface area contributed by atoms with Crippen molar-refractivity contribution in [2.75, 3.05) is 26.4 Å². The van der Waals surface area contributed by atoms with Gasteiger partial charge in [-0.1, -0.05) is 0 Å². The second kappa shape index (κ2) is 14.5. The summed E-state index contributed by atoms with van der Waals surface area (Å²) in [5.41, 5.74) is 0.167. The summed E-state index contributed by atoms with van der Waals surface area (Å²) >= 11 is 0. The molecule has 1 rings (SSSR count). The molecule has 0 unspecified atom stereocenters. The van der Waals surface area contributed by atoms with Crippen LogP contribution in [0.3, 0.4) is 0 Å². The molecule has 24 heavy (non-hydrogen) atoms. The highest BCUT2D eigenvalue weighted by Gasteiger charge is 2.04. The van der Waals surface area contributed by atoms with E-state index in [9.17, 15) is 9.59 Å². The molecule has 0 atom stereocenters. The Kier molecular flexibility index (Phi) is 14.6. The van der Waals surface area contributed by atoms with E-state index < -0.39 is 24.1 Å². The minimum absolute atomic E-state index is 0.0833. The highest BCUT2D eigenvalue weighted by atomic mass is 16.4. The van der Waals surface area contributed by atoms with Crippen LogP contribution in [0.2, 0.25) is 0 Å². The SMILES string of the molecule is O=C(O)c1ccc(C(=O)O)cc1.OCC(O)CO.OCC(O)CO. The third-order valence-corrected chi connectivity index (χ3v) is 2.22. The minimum atomic E-state index is -1.06. The van der Waals surface area contributed by atoms with Crippen LogP contribution in [0.5, 0.6) is 0 Å². The molecule has 0 fully saturated rings. The smallest absolute Gasteiger partial charge is 0.335 e. The topological polar surface area (TPSA) is 196 Å². The monoisotopic (exact) mass is 350 g/mol. The maximum Gasteiger partial charge on any atom is 0.335 e. The molecule has 10 nitrogen and oxygen atoms in total. The molecule has 0 radical (unpaired) electrons. The number of aliphatic hydroxyl groups excluding tert-OH is 6. The van der Waals surface area contributed by atoms with Crippen molar-refractivity contribution in [1.29, 1.82) is 0 Å². The molecular weight excluding hydrogens is 328 g/mol. The predicted octanol–water partition coefficient (Wildman–Crippen LogP) is -2.25. The zero-order valence-corrected chi connectivity index (χ0v) is 12.7. The molecule has 0 aliphatic heterocycles. The van der Waals surface area contributed by atoms with Crippen LogP contribution >= 0.6 is 0 Å². The highest BCUT2D eigenvalue weighted by molar-refractivity contribution is 5.91. The fraction of sp³-hybridized carbons (Fsp3) is 0.429. The number of benzene rings is 1. The summed E-state index contributed by atoms with van der Waals surface area (Å²) in [5, 5.41) is 65.0. The Morgan fingerprint density at radius 2 is 0.875 bits per heavy atom. The number of carbonyl (C=O) groups is 2. The molecule has 0 amide bonds. The molecule has 0 saturated heterocycles. The maximum absolute atomic E-state index is 10.3. The van der Waals surface area contributed by atoms with Crippen molar-refractivity contribution in [2.45, 2.75) is 12.2 Å². The van der Waals surface area contributed by atoms with Crippen molar-refractivity contribution in [3.8, 4) is 0 Å². The Balaban J connectivity index is 0. The quantitative estimate of drug-likeness (QED) is 0.277. The van der Waals surface area contributed by atoms with Crippen LogP contribution in [0.1, 0.15) is 20.7 Å². The second-order valence-electron chi connectivity index (χ2n) is 4.23. The van der Waals surface area contributed by atoms with Gasteiger partial charge in [-0.3, -0.25) is 0 Å². The van der Waals surface area contributed by atoms with Crippen LogP contribution in [0.4, 0.5) is 0 Å². The summed E-state index contributed by atoms with van der Waals surface area (Å²) in [4.78, 5) is 20.7. The lowest BCUT2D eigenvalue weighted by molar-refractivity contribution is 0.0450. The lowest BCUT2D eigenvalue weighted by Crippen LogP contribution is -2.15. The van der Waals surface area contributed by atoms with Crippen LogP contribution in [-0.4, -0.2) is 91.4 Å². The van der Waals surface area contributed by atoms with E-state index in [0.717, 1.165) is 0 Å². The Labute approximate surface area is 137 Å². The number of aromatic carboxylic acids is 2. The largest absolute Gasteiger partial charge is 0.478 e. The molecule has 10 heteroatoms. The molecule has 0 saturated carbocycles. The van der Waals surface area contributed by atoms with Gasteiger partial charge in [0.05, 0.1) is 37.6 Å². The number of hydrogen-bond acceptors (Lipinski definition) is 8. The van der Waals surface area contributed by atoms with E-state index in [1.54, 1.807) is 0 Å². The molecule has 0 heterocycles. The van der Waals surface area contributed by atoms with Gasteiger partial charge in [0.1, 0.15) is 12.2 Å². The number of carboxylic acids is 2. The number of rotatable bonds is 6. The zero-order chi connectivity index (χ0) is 19.1. The minimum Gasteiger partial charge on any atom is -0.478 e. The van der Waals surface area contributed by atoms with Gasteiger partial charge < -0.3 is 40.9 Å². The average Bonchev–Trinajstić information content (AvgIpc) is 2.61. The normalized spacial score (nSPS) is 9.67. The van der Waals surface area contributed by atoms with Crippen molar-refractivity contribution in [1.82, 2.24) is 0 Å². The summed E-state index contributed by atoms with van der Waals surface area (Å²) < 4.78 is 0. The second-order valence-corrected chi connectivity index (χ2v) is 4.23. The van der Waals surface area contributed by atoms with Crippen molar-refractivity contribution in [3.05, 3.63) is 35.4 Å². The van der Waals surface area contributed by atoms with E-state index >= 15 is 0 Å². The number of carboxylic acid groups (broad SMARTS) is 2. The van der Waals surface area contributed by atoms with Gasteiger partial charge in [0, 0.05) is 0 Å². The lowest BCUT2D eigenvalue weighted by atomic mass is 10.1. The molecule has 1 aromatic carbocycles. The van der Waals surface area contributed by atoms with Crippen LogP contribution in [-0.2, 0) is 0 Å². The molecule has 0 aliphatic carbocycles. The van der Waals surface area contributed by atoms with Gasteiger partial charge in [0.2, 0.25) is 0 Å². The first kappa shape index (κ1) is 24.2. The van der Waals surface area contributed by atoms with Crippen molar-refractivity contribution in [3.63, 3.8) is 0 Å². The van der Waals surface area contributed by atoms with E-state index in [4.69, 9.17) is 40.9 Å². The van der Waals surface area contributed by atoms with Gasteiger partial charge in [-0.15, -0.1) is 0 Å². The van der Waals surface area contributed by atoms with Crippen molar-refractivity contribution < 1.29 is 50.4 Å². The van der Waals surface area contributed by atoms with Gasteiger partial charge >= 0.3 is 11.9 Å². The third-order valence-electron chi connectivity index (χ3n) is 2.22. The summed E-state index contributed by atoms with van der Waals surface area (Å²) in [6.07, 6.45) is -1.91. The Hall–Kier alpha value is -2.08. The van der Waals surface area contributed by atoms with Crippen LogP contribution < -0.4 is 0 Å². The maximum atomic E-state index is 10.3. The molecule has 138 valence electrons. The predicted molar refractivity (Wildman–Crippen MR) is 80.7 cm³/mol. The fourth-order valence-corrected chi connectivity index (χ4v) is 0.871. The first-order valence-corrected chi connectivity index (χ1v) is 6.59. The highest BCUT2D eigenvalue weighted by Crippen LogP contribution is 2.03. The van der Waals surface area contributed by atoms with Gasteiger partial charge in [-0.05, 0) is 24.3 Å². The number of aliphatic hydroxyl groups is 6. The summed E-state index contributed by atoms with van der Waals surface area (Å²) in [5.74, 6) is -2.13. The van der Waals surface area contributed by atoms with E-state index in [0.29, 0.717) is 0 Å². The standard InChI is InChI=1S/C8H6O4.2C3H8O3/c9-7(10)5-1-2-6(4-3-5)8(11)12;2*4-1-3(6)2-5/h1-4H,(H,9,10)(H,11,12);2*3-6H,1-2H2. The van der Waals surface area contributed by atoms with E-state index in [1.807, 2.05) is 0 Å². The molecule has 0 bridgehead atoms. The first-order valence-electron chi connectivity index (χ1n) is 6.59. The molecule has 0 aromatic heterocycles. The lowest BCUT2D eigenvalue weighted by Gasteiger charge is -1.96. The average molecular weight is 350 g/mol. The van der Waals surface area contributed by atoms with Crippen LogP contribution in [0, 0.1) is 0 Å². The Morgan fingerprint density at radius 1 is 0.667 bits per heavy atom. The van der Waals surface area contributed by atoms with Gasteiger partial charge in [-0.2, -0.15) is 0 Å². The molecule has 1 aromatic rings. The fourth-order valence-electron chi connectivity index (χ4n) is 0.871. The van der Waals surface area contributed by atoms with Crippen molar-refractivity contribution >= 4 is 11.9 Å².